The van der Waals surface area contributed by atoms with Gasteiger partial charge in [-0.25, -0.2) is 8.42 Å². The number of nitrogens with zero attached hydrogens (tertiary/aromatic N) is 2. The third-order valence-corrected chi connectivity index (χ3v) is 8.73. The zero-order valence-electron chi connectivity index (χ0n) is 16.1. The summed E-state index contributed by atoms with van der Waals surface area (Å²) in [6, 6.07) is 4.29. The Bertz CT molecular complexity index is 1080. The Balaban J connectivity index is 1.79. The minimum atomic E-state index is -4.05. The molecule has 0 amide bonds. The number of fused-ring (bicyclic) bond motifs is 1. The molecule has 1 heterocycles. The third-order valence-electron chi connectivity index (χ3n) is 6.07. The number of sulfone groups is 1. The van der Waals surface area contributed by atoms with Crippen molar-refractivity contribution in [2.75, 3.05) is 0 Å². The van der Waals surface area contributed by atoms with Crippen LogP contribution in [0.1, 0.15) is 49.4 Å². The van der Waals surface area contributed by atoms with Crippen LogP contribution in [0.15, 0.2) is 28.1 Å². The first kappa shape index (κ1) is 21.6. The lowest BCUT2D eigenvalue weighted by molar-refractivity contribution is -0.148. The molecular weight excluding hydrogens is 451 g/mol. The second-order valence-corrected chi connectivity index (χ2v) is 10.5. The molecule has 3 atom stereocenters. The number of carbonyl (C=O) groups is 1. The first-order chi connectivity index (χ1) is 14.2. The normalized spacial score (nSPS) is 24.4. The van der Waals surface area contributed by atoms with E-state index >= 15 is 0 Å². The number of aromatic nitrogens is 2. The van der Waals surface area contributed by atoms with Crippen molar-refractivity contribution in [1.29, 1.82) is 0 Å². The molecule has 2 aliphatic carbocycles. The third kappa shape index (κ3) is 3.64. The predicted molar refractivity (Wildman–Crippen MR) is 111 cm³/mol. The Kier molecular flexibility index (Phi) is 5.87. The van der Waals surface area contributed by atoms with Crippen molar-refractivity contribution in [2.45, 2.75) is 67.0 Å². The maximum absolute atomic E-state index is 13.5. The molecule has 162 valence electrons. The van der Waals surface area contributed by atoms with Crippen LogP contribution in [-0.4, -0.2) is 40.5 Å². The number of halogens is 2. The van der Waals surface area contributed by atoms with Gasteiger partial charge < -0.3 is 10.2 Å². The molecule has 1 fully saturated rings. The number of carboxylic acids is 1. The predicted octanol–water partition coefficient (Wildman–Crippen LogP) is 3.69. The number of hydrogen-bond donors (Lipinski definition) is 2. The molecule has 1 aromatic heterocycles. The van der Waals surface area contributed by atoms with E-state index in [4.69, 9.17) is 23.2 Å². The molecule has 0 bridgehead atoms. The number of aliphatic hydroxyl groups excluding tert-OH is 1. The highest BCUT2D eigenvalue weighted by Crippen LogP contribution is 2.40. The molecule has 0 spiro atoms. The van der Waals surface area contributed by atoms with Crippen LogP contribution >= 0.6 is 23.2 Å². The Hall–Kier alpha value is -1.61. The van der Waals surface area contributed by atoms with Crippen LogP contribution in [0.3, 0.4) is 0 Å². The van der Waals surface area contributed by atoms with Crippen molar-refractivity contribution in [3.05, 3.63) is 39.5 Å². The number of benzene rings is 1. The highest BCUT2D eigenvalue weighted by molar-refractivity contribution is 7.91. The summed E-state index contributed by atoms with van der Waals surface area (Å²) in [4.78, 5) is 11.2. The summed E-state index contributed by atoms with van der Waals surface area (Å²) in [5.41, 5.74) is 1.51. The van der Waals surface area contributed by atoms with E-state index in [0.29, 0.717) is 31.2 Å². The van der Waals surface area contributed by atoms with Gasteiger partial charge >= 0.3 is 5.97 Å². The quantitative estimate of drug-likeness (QED) is 0.701. The second kappa shape index (κ2) is 8.15. The van der Waals surface area contributed by atoms with E-state index in [9.17, 15) is 23.4 Å². The van der Waals surface area contributed by atoms with Crippen molar-refractivity contribution >= 4 is 39.0 Å². The fourth-order valence-electron chi connectivity index (χ4n) is 4.58. The van der Waals surface area contributed by atoms with Gasteiger partial charge in [0.25, 0.3) is 0 Å². The molecular formula is C20H22Cl2N2O5S. The molecule has 2 aromatic rings. The molecule has 1 saturated carbocycles. The summed E-state index contributed by atoms with van der Waals surface area (Å²) >= 11 is 12.4. The molecule has 7 nitrogen and oxygen atoms in total. The summed E-state index contributed by atoms with van der Waals surface area (Å²) in [5.74, 6) is -1.82. The number of carboxylic acid groups (broad SMARTS) is 1. The van der Waals surface area contributed by atoms with Crippen molar-refractivity contribution in [2.24, 2.45) is 5.92 Å². The van der Waals surface area contributed by atoms with Crippen LogP contribution in [0.25, 0.3) is 0 Å². The van der Waals surface area contributed by atoms with Crippen molar-refractivity contribution in [3.63, 3.8) is 0 Å². The number of hydrogen-bond acceptors (Lipinski definition) is 5. The highest BCUT2D eigenvalue weighted by Gasteiger charge is 2.39. The summed E-state index contributed by atoms with van der Waals surface area (Å²) in [6.07, 6.45) is 3.08. The summed E-state index contributed by atoms with van der Waals surface area (Å²) < 4.78 is 28.7. The van der Waals surface area contributed by atoms with E-state index < -0.39 is 27.8 Å². The maximum Gasteiger partial charge on any atom is 0.309 e. The zero-order chi connectivity index (χ0) is 21.6. The fourth-order valence-corrected chi connectivity index (χ4v) is 7.17. The van der Waals surface area contributed by atoms with Crippen LogP contribution in [-0.2, 0) is 27.5 Å². The Labute approximate surface area is 184 Å². The number of rotatable bonds is 4. The average Bonchev–Trinajstić information content (AvgIpc) is 3.08. The van der Waals surface area contributed by atoms with E-state index in [-0.39, 0.29) is 32.4 Å². The lowest BCUT2D eigenvalue weighted by Gasteiger charge is -2.32. The van der Waals surface area contributed by atoms with Gasteiger partial charge in [-0.2, -0.15) is 5.10 Å². The highest BCUT2D eigenvalue weighted by atomic mass is 35.5. The second-order valence-electron chi connectivity index (χ2n) is 7.92. The SMILES string of the molecule is O=C(O)C1CCC(n2nc(S(=O)(=O)c3c(Cl)cccc3Cl)c3c2CCCC3)CC1O. The Morgan fingerprint density at radius 2 is 1.80 bits per heavy atom. The smallest absolute Gasteiger partial charge is 0.309 e. The van der Waals surface area contributed by atoms with Gasteiger partial charge in [0.2, 0.25) is 9.84 Å². The van der Waals surface area contributed by atoms with E-state index in [1.54, 1.807) is 10.7 Å². The van der Waals surface area contributed by atoms with Gasteiger partial charge in [-0.1, -0.05) is 29.3 Å². The van der Waals surface area contributed by atoms with Crippen LogP contribution in [0.2, 0.25) is 10.0 Å². The summed E-state index contributed by atoms with van der Waals surface area (Å²) in [5, 5.41) is 24.1. The molecule has 10 heteroatoms. The minimum Gasteiger partial charge on any atom is -0.481 e. The summed E-state index contributed by atoms with van der Waals surface area (Å²) in [6.45, 7) is 0. The van der Waals surface area contributed by atoms with Crippen molar-refractivity contribution in [3.8, 4) is 0 Å². The average molecular weight is 473 g/mol. The Morgan fingerprint density at radius 3 is 2.43 bits per heavy atom. The van der Waals surface area contributed by atoms with Gasteiger partial charge in [0.05, 0.1) is 28.1 Å². The largest absolute Gasteiger partial charge is 0.481 e. The van der Waals surface area contributed by atoms with Gasteiger partial charge in [0.1, 0.15) is 4.90 Å². The van der Waals surface area contributed by atoms with Crippen molar-refractivity contribution in [1.82, 2.24) is 9.78 Å². The molecule has 0 saturated heterocycles. The monoisotopic (exact) mass is 472 g/mol. The van der Waals surface area contributed by atoms with Gasteiger partial charge in [-0.3, -0.25) is 9.48 Å². The maximum atomic E-state index is 13.5. The van der Waals surface area contributed by atoms with E-state index in [0.717, 1.165) is 18.5 Å². The molecule has 2 aliphatic rings. The molecule has 1 aromatic carbocycles. The Morgan fingerprint density at radius 1 is 1.13 bits per heavy atom. The topological polar surface area (TPSA) is 109 Å². The molecule has 4 rings (SSSR count). The van der Waals surface area contributed by atoms with Gasteiger partial charge in [0.15, 0.2) is 5.03 Å². The zero-order valence-corrected chi connectivity index (χ0v) is 18.4. The lowest BCUT2D eigenvalue weighted by atomic mass is 9.83. The van der Waals surface area contributed by atoms with E-state index in [1.165, 1.54) is 12.1 Å². The first-order valence-electron chi connectivity index (χ1n) is 9.92. The standard InChI is InChI=1S/C20H22Cl2N2O5S/c21-14-5-3-6-15(22)18(14)30(28,29)19-12-4-1-2-7-16(12)24(23-19)11-8-9-13(20(26)27)17(25)10-11/h3,5-6,11,13,17,25H,1-2,4,7-10H2,(H,26,27). The first-order valence-corrected chi connectivity index (χ1v) is 12.2. The molecule has 2 N–H and O–H groups in total. The van der Waals surface area contributed by atoms with Crippen LogP contribution in [0, 0.1) is 5.92 Å². The molecule has 3 unspecified atom stereocenters. The molecule has 0 aliphatic heterocycles. The van der Waals surface area contributed by atoms with E-state index in [2.05, 4.69) is 5.10 Å². The van der Waals surface area contributed by atoms with Crippen LogP contribution < -0.4 is 0 Å². The van der Waals surface area contributed by atoms with Crippen LogP contribution in [0.4, 0.5) is 0 Å². The molecule has 0 radical (unpaired) electrons. The molecule has 30 heavy (non-hydrogen) atoms. The summed E-state index contributed by atoms with van der Waals surface area (Å²) in [7, 11) is -4.05. The number of aliphatic carboxylic acids is 1. The van der Waals surface area contributed by atoms with Gasteiger partial charge in [-0.15, -0.1) is 0 Å². The number of aliphatic hydroxyl groups is 1. The lowest BCUT2D eigenvalue weighted by Crippen LogP contribution is -2.36. The van der Waals surface area contributed by atoms with E-state index in [1.807, 2.05) is 0 Å². The van der Waals surface area contributed by atoms with Gasteiger partial charge in [0, 0.05) is 11.3 Å². The minimum absolute atomic E-state index is 0.0398. The van der Waals surface area contributed by atoms with Gasteiger partial charge in [-0.05, 0) is 57.1 Å². The van der Waals surface area contributed by atoms with Crippen LogP contribution in [0.5, 0.6) is 0 Å². The van der Waals surface area contributed by atoms with Crippen molar-refractivity contribution < 1.29 is 23.4 Å². The fraction of sp³-hybridized carbons (Fsp3) is 0.500.